The zero-order valence-electron chi connectivity index (χ0n) is 10.9. The summed E-state index contributed by atoms with van der Waals surface area (Å²) in [6.45, 7) is 4.75. The molecule has 0 heterocycles. The third kappa shape index (κ3) is 4.45. The van der Waals surface area contributed by atoms with E-state index < -0.39 is 5.82 Å². The van der Waals surface area contributed by atoms with Gasteiger partial charge in [-0.05, 0) is 36.9 Å². The molecule has 0 fully saturated rings. The molecule has 1 amide bonds. The largest absolute Gasteiger partial charge is 0.330 e. The molecule has 3 N–H and O–H groups in total. The van der Waals surface area contributed by atoms with E-state index in [-0.39, 0.29) is 11.6 Å². The molecule has 0 aromatic heterocycles. The number of nitrogens with two attached hydrogens (primary N) is 1. The van der Waals surface area contributed by atoms with Crippen LogP contribution in [0.1, 0.15) is 26.7 Å². The fraction of sp³-hybridized carbons (Fsp3) is 0.500. The van der Waals surface area contributed by atoms with Crippen molar-refractivity contribution in [3.05, 3.63) is 30.1 Å². The topological polar surface area (TPSA) is 55.1 Å². The minimum atomic E-state index is -0.412. The summed E-state index contributed by atoms with van der Waals surface area (Å²) in [4.78, 5) is 11.7. The lowest BCUT2D eigenvalue weighted by atomic mass is 9.91. The van der Waals surface area contributed by atoms with E-state index in [2.05, 4.69) is 19.2 Å². The number of rotatable bonds is 6. The average Bonchev–Trinajstić information content (AvgIpc) is 2.32. The van der Waals surface area contributed by atoms with Gasteiger partial charge in [-0.25, -0.2) is 4.39 Å². The first-order valence-corrected chi connectivity index (χ1v) is 6.29. The first-order chi connectivity index (χ1) is 8.54. The summed E-state index contributed by atoms with van der Waals surface area (Å²) >= 11 is 0. The Morgan fingerprint density at radius 2 is 2.06 bits per heavy atom. The van der Waals surface area contributed by atoms with Crippen molar-refractivity contribution in [2.75, 3.05) is 11.9 Å². The zero-order chi connectivity index (χ0) is 13.5. The molecule has 4 heteroatoms. The fourth-order valence-corrected chi connectivity index (χ4v) is 1.82. The van der Waals surface area contributed by atoms with Crippen LogP contribution in [-0.4, -0.2) is 12.5 Å². The molecule has 0 bridgehead atoms. The van der Waals surface area contributed by atoms with Gasteiger partial charge in [0, 0.05) is 6.42 Å². The third-order valence-electron chi connectivity index (χ3n) is 3.14. The van der Waals surface area contributed by atoms with Gasteiger partial charge in [-0.15, -0.1) is 0 Å². The van der Waals surface area contributed by atoms with Crippen molar-refractivity contribution < 1.29 is 9.18 Å². The normalized spacial score (nSPS) is 12.5. The van der Waals surface area contributed by atoms with Gasteiger partial charge in [-0.3, -0.25) is 4.79 Å². The van der Waals surface area contributed by atoms with Crippen molar-refractivity contribution in [1.29, 1.82) is 0 Å². The van der Waals surface area contributed by atoms with Gasteiger partial charge in [0.25, 0.3) is 0 Å². The van der Waals surface area contributed by atoms with Gasteiger partial charge < -0.3 is 11.1 Å². The fourth-order valence-electron chi connectivity index (χ4n) is 1.82. The number of hydrogen-bond acceptors (Lipinski definition) is 2. The average molecular weight is 252 g/mol. The quantitative estimate of drug-likeness (QED) is 0.818. The summed E-state index contributed by atoms with van der Waals surface area (Å²) in [6.07, 6.45) is 1.10. The first kappa shape index (κ1) is 14.6. The maximum Gasteiger partial charge on any atom is 0.224 e. The molecule has 3 nitrogen and oxygen atoms in total. The van der Waals surface area contributed by atoms with Gasteiger partial charge >= 0.3 is 0 Å². The van der Waals surface area contributed by atoms with E-state index in [1.807, 2.05) is 0 Å². The maximum atomic E-state index is 13.3. The van der Waals surface area contributed by atoms with Crippen molar-refractivity contribution >= 4 is 11.6 Å². The molecule has 100 valence electrons. The van der Waals surface area contributed by atoms with E-state index in [0.717, 1.165) is 6.42 Å². The number of hydrogen-bond donors (Lipinski definition) is 2. The number of amides is 1. The number of nitrogens with one attached hydrogen (secondary N) is 1. The predicted molar refractivity (Wildman–Crippen MR) is 71.6 cm³/mol. The van der Waals surface area contributed by atoms with Crippen LogP contribution in [0.2, 0.25) is 0 Å². The van der Waals surface area contributed by atoms with Crippen molar-refractivity contribution in [2.45, 2.75) is 26.7 Å². The van der Waals surface area contributed by atoms with E-state index >= 15 is 0 Å². The van der Waals surface area contributed by atoms with Gasteiger partial charge in [-0.2, -0.15) is 0 Å². The first-order valence-electron chi connectivity index (χ1n) is 6.29. The minimum Gasteiger partial charge on any atom is -0.330 e. The Kier molecular flexibility index (Phi) is 5.78. The van der Waals surface area contributed by atoms with Gasteiger partial charge in [0.1, 0.15) is 5.82 Å². The predicted octanol–water partition coefficient (Wildman–Crippen LogP) is 2.78. The van der Waals surface area contributed by atoms with Crippen LogP contribution in [0.3, 0.4) is 0 Å². The highest BCUT2D eigenvalue weighted by molar-refractivity contribution is 5.90. The van der Waals surface area contributed by atoms with E-state index in [1.165, 1.54) is 6.07 Å². The Labute approximate surface area is 108 Å². The lowest BCUT2D eigenvalue weighted by Gasteiger charge is -2.18. The molecular formula is C14H21FN2O. The molecular weight excluding hydrogens is 231 g/mol. The summed E-state index contributed by atoms with van der Waals surface area (Å²) in [5, 5.41) is 2.57. The molecule has 1 atom stereocenters. The molecule has 18 heavy (non-hydrogen) atoms. The lowest BCUT2D eigenvalue weighted by molar-refractivity contribution is -0.116. The molecule has 0 radical (unpaired) electrons. The van der Waals surface area contributed by atoms with E-state index in [1.54, 1.807) is 18.2 Å². The number of halogens is 1. The Balaban J connectivity index is 2.45. The summed E-state index contributed by atoms with van der Waals surface area (Å²) in [7, 11) is 0. The van der Waals surface area contributed by atoms with Crippen LogP contribution in [0.15, 0.2) is 24.3 Å². The SMILES string of the molecule is CC(C)C(CN)CCC(=O)Nc1ccccc1F. The standard InChI is InChI=1S/C14H21FN2O/c1-10(2)11(9-16)7-8-14(18)17-13-6-4-3-5-12(13)15/h3-6,10-11H,7-9,16H2,1-2H3,(H,17,18). The summed E-state index contributed by atoms with van der Waals surface area (Å²) in [5.41, 5.74) is 5.88. The number of benzene rings is 1. The molecule has 1 aromatic rings. The van der Waals surface area contributed by atoms with Gasteiger partial charge in [0.05, 0.1) is 5.69 Å². The van der Waals surface area contributed by atoms with Crippen LogP contribution in [0.5, 0.6) is 0 Å². The Morgan fingerprint density at radius 3 is 2.61 bits per heavy atom. The maximum absolute atomic E-state index is 13.3. The lowest BCUT2D eigenvalue weighted by Crippen LogP contribution is -2.22. The molecule has 0 saturated carbocycles. The minimum absolute atomic E-state index is 0.167. The molecule has 0 saturated heterocycles. The highest BCUT2D eigenvalue weighted by Gasteiger charge is 2.14. The summed E-state index contributed by atoms with van der Waals surface area (Å²) < 4.78 is 13.3. The van der Waals surface area contributed by atoms with Gasteiger partial charge in [-0.1, -0.05) is 26.0 Å². The van der Waals surface area contributed by atoms with Gasteiger partial charge in [0.15, 0.2) is 0 Å². The highest BCUT2D eigenvalue weighted by atomic mass is 19.1. The van der Waals surface area contributed by atoms with Crippen LogP contribution in [0.25, 0.3) is 0 Å². The summed E-state index contributed by atoms with van der Waals surface area (Å²) in [6, 6.07) is 6.16. The Hall–Kier alpha value is -1.42. The molecule has 1 unspecified atom stereocenters. The Bertz CT molecular complexity index is 393. The van der Waals surface area contributed by atoms with Gasteiger partial charge in [0.2, 0.25) is 5.91 Å². The van der Waals surface area contributed by atoms with Crippen LogP contribution < -0.4 is 11.1 Å². The number of carbonyl (C=O) groups is 1. The second kappa shape index (κ2) is 7.11. The van der Waals surface area contributed by atoms with E-state index in [9.17, 15) is 9.18 Å². The number of carbonyl (C=O) groups excluding carboxylic acids is 1. The number of anilines is 1. The second-order valence-corrected chi connectivity index (χ2v) is 4.81. The molecule has 0 aliphatic heterocycles. The molecule has 1 aromatic carbocycles. The van der Waals surface area contributed by atoms with Crippen molar-refractivity contribution in [1.82, 2.24) is 0 Å². The van der Waals surface area contributed by atoms with Crippen LogP contribution in [0.4, 0.5) is 10.1 Å². The molecule has 0 aliphatic carbocycles. The van der Waals surface area contributed by atoms with Crippen LogP contribution in [-0.2, 0) is 4.79 Å². The van der Waals surface area contributed by atoms with E-state index in [4.69, 9.17) is 5.73 Å². The van der Waals surface area contributed by atoms with Crippen molar-refractivity contribution in [2.24, 2.45) is 17.6 Å². The Morgan fingerprint density at radius 1 is 1.39 bits per heavy atom. The summed E-state index contributed by atoms with van der Waals surface area (Å²) in [5.74, 6) is 0.205. The second-order valence-electron chi connectivity index (χ2n) is 4.81. The molecule has 1 rings (SSSR count). The van der Waals surface area contributed by atoms with E-state index in [0.29, 0.717) is 24.8 Å². The zero-order valence-corrected chi connectivity index (χ0v) is 10.9. The molecule has 0 spiro atoms. The molecule has 0 aliphatic rings. The van der Waals surface area contributed by atoms with Crippen molar-refractivity contribution in [3.63, 3.8) is 0 Å². The highest BCUT2D eigenvalue weighted by Crippen LogP contribution is 2.17. The van der Waals surface area contributed by atoms with Crippen LogP contribution >= 0.6 is 0 Å². The third-order valence-corrected chi connectivity index (χ3v) is 3.14. The van der Waals surface area contributed by atoms with Crippen LogP contribution in [0, 0.1) is 17.7 Å². The monoisotopic (exact) mass is 252 g/mol. The van der Waals surface area contributed by atoms with Crippen molar-refractivity contribution in [3.8, 4) is 0 Å². The number of para-hydroxylation sites is 1. The smallest absolute Gasteiger partial charge is 0.224 e.